The van der Waals surface area contributed by atoms with Gasteiger partial charge in [-0.05, 0) is 55.5 Å². The van der Waals surface area contributed by atoms with Gasteiger partial charge in [-0.2, -0.15) is 0 Å². The predicted molar refractivity (Wildman–Crippen MR) is 143 cm³/mol. The molecule has 0 aliphatic carbocycles. The first-order valence-electron chi connectivity index (χ1n) is 11.8. The Hall–Kier alpha value is -3.91. The van der Waals surface area contributed by atoms with Gasteiger partial charge >= 0.3 is 0 Å². The van der Waals surface area contributed by atoms with Crippen molar-refractivity contribution in [1.82, 2.24) is 14.5 Å². The molecule has 1 fully saturated rings. The normalized spacial score (nSPS) is 13.7. The summed E-state index contributed by atoms with van der Waals surface area (Å²) in [5, 5.41) is 1.05. The lowest BCUT2D eigenvalue weighted by molar-refractivity contribution is -0.128. The Kier molecular flexibility index (Phi) is 6.86. The molecule has 0 saturated carbocycles. The van der Waals surface area contributed by atoms with Gasteiger partial charge in [0.1, 0.15) is 0 Å². The molecule has 1 aliphatic rings. The molecule has 5 rings (SSSR count). The molecule has 0 spiro atoms. The van der Waals surface area contributed by atoms with Crippen molar-refractivity contribution >= 4 is 40.0 Å². The van der Waals surface area contributed by atoms with Gasteiger partial charge in [-0.3, -0.25) is 19.0 Å². The number of fused-ring (bicyclic) bond motifs is 1. The molecule has 2 heterocycles. The minimum Gasteiger partial charge on any atom is -0.368 e. The van der Waals surface area contributed by atoms with E-state index in [-0.39, 0.29) is 23.0 Å². The third kappa shape index (κ3) is 4.90. The largest absolute Gasteiger partial charge is 0.368 e. The summed E-state index contributed by atoms with van der Waals surface area (Å²) in [4.78, 5) is 46.7. The molecular formula is C28H26N4O3S. The van der Waals surface area contributed by atoms with Gasteiger partial charge < -0.3 is 9.80 Å². The number of carbonyl (C=O) groups is 2. The van der Waals surface area contributed by atoms with Crippen molar-refractivity contribution in [3.8, 4) is 5.69 Å². The molecule has 1 saturated heterocycles. The van der Waals surface area contributed by atoms with Crippen LogP contribution in [0.4, 0.5) is 5.69 Å². The van der Waals surface area contributed by atoms with Crippen molar-refractivity contribution in [2.45, 2.75) is 12.1 Å². The zero-order valence-corrected chi connectivity index (χ0v) is 20.8. The molecular weight excluding hydrogens is 472 g/mol. The number of aromatic nitrogens is 2. The van der Waals surface area contributed by atoms with E-state index >= 15 is 0 Å². The van der Waals surface area contributed by atoms with Crippen LogP contribution in [0.3, 0.4) is 0 Å². The van der Waals surface area contributed by atoms with Crippen LogP contribution >= 0.6 is 11.8 Å². The summed E-state index contributed by atoms with van der Waals surface area (Å²) in [5.74, 6) is 0.270. The molecule has 0 radical (unpaired) electrons. The Morgan fingerprint density at radius 2 is 1.50 bits per heavy atom. The fourth-order valence-corrected chi connectivity index (χ4v) is 5.27. The number of thioether (sulfide) groups is 1. The van der Waals surface area contributed by atoms with Crippen LogP contribution < -0.4 is 10.5 Å². The molecule has 0 bridgehead atoms. The fourth-order valence-electron chi connectivity index (χ4n) is 4.35. The molecule has 36 heavy (non-hydrogen) atoms. The van der Waals surface area contributed by atoms with Crippen LogP contribution in [-0.2, 0) is 4.79 Å². The third-order valence-electron chi connectivity index (χ3n) is 6.36. The molecule has 3 aromatic carbocycles. The lowest BCUT2D eigenvalue weighted by Gasteiger charge is -2.36. The number of benzene rings is 3. The van der Waals surface area contributed by atoms with Gasteiger partial charge in [0.05, 0.1) is 22.3 Å². The Bertz CT molecular complexity index is 1460. The number of anilines is 1. The van der Waals surface area contributed by atoms with E-state index in [4.69, 9.17) is 4.98 Å². The molecule has 182 valence electrons. The maximum atomic E-state index is 13.3. The standard InChI is InChI=1S/C28H26N4O3S/c1-20(33)21-11-13-22(14-12-21)30-15-17-31(18-16-30)26(34)19-36-28-29-25-10-6-5-9-24(25)27(35)32(28)23-7-3-2-4-8-23/h2-14H,15-19H2,1H3. The highest BCUT2D eigenvalue weighted by molar-refractivity contribution is 7.99. The number of hydrogen-bond donors (Lipinski definition) is 0. The van der Waals surface area contributed by atoms with Crippen LogP contribution in [0.2, 0.25) is 0 Å². The molecule has 4 aromatic rings. The topological polar surface area (TPSA) is 75.5 Å². The van der Waals surface area contributed by atoms with Crippen LogP contribution in [0.15, 0.2) is 88.8 Å². The van der Waals surface area contributed by atoms with E-state index in [9.17, 15) is 14.4 Å². The summed E-state index contributed by atoms with van der Waals surface area (Å²) in [7, 11) is 0. The second-order valence-corrected chi connectivity index (χ2v) is 9.59. The first-order chi connectivity index (χ1) is 17.5. The van der Waals surface area contributed by atoms with Crippen molar-refractivity contribution in [2.24, 2.45) is 0 Å². The maximum Gasteiger partial charge on any atom is 0.266 e. The number of amides is 1. The van der Waals surface area contributed by atoms with E-state index in [2.05, 4.69) is 4.90 Å². The predicted octanol–water partition coefficient (Wildman–Crippen LogP) is 4.03. The molecule has 0 N–H and O–H groups in total. The summed E-state index contributed by atoms with van der Waals surface area (Å²) < 4.78 is 1.59. The third-order valence-corrected chi connectivity index (χ3v) is 7.28. The Morgan fingerprint density at radius 1 is 0.833 bits per heavy atom. The minimum atomic E-state index is -0.147. The van der Waals surface area contributed by atoms with Crippen molar-refractivity contribution in [2.75, 3.05) is 36.8 Å². The van der Waals surface area contributed by atoms with Crippen molar-refractivity contribution in [1.29, 1.82) is 0 Å². The number of Topliss-reactive ketones (excluding diaryl/α,β-unsaturated/α-hetero) is 1. The monoisotopic (exact) mass is 498 g/mol. The zero-order valence-electron chi connectivity index (χ0n) is 20.0. The minimum absolute atomic E-state index is 0.0218. The Labute approximate surface area is 213 Å². The van der Waals surface area contributed by atoms with Crippen LogP contribution in [0.5, 0.6) is 0 Å². The van der Waals surface area contributed by atoms with E-state index in [1.54, 1.807) is 17.6 Å². The van der Waals surface area contributed by atoms with Crippen LogP contribution in [0, 0.1) is 0 Å². The summed E-state index contributed by atoms with van der Waals surface area (Å²) in [6.07, 6.45) is 0. The second-order valence-electron chi connectivity index (χ2n) is 8.65. The molecule has 1 aliphatic heterocycles. The lowest BCUT2D eigenvalue weighted by atomic mass is 10.1. The van der Waals surface area contributed by atoms with E-state index in [0.29, 0.717) is 34.7 Å². The number of nitrogens with zero attached hydrogens (tertiary/aromatic N) is 4. The molecule has 0 unspecified atom stereocenters. The van der Waals surface area contributed by atoms with Gasteiger partial charge in [-0.15, -0.1) is 0 Å². The fraction of sp³-hybridized carbons (Fsp3) is 0.214. The average molecular weight is 499 g/mol. The van der Waals surface area contributed by atoms with Crippen LogP contribution in [0.25, 0.3) is 16.6 Å². The van der Waals surface area contributed by atoms with E-state index in [1.165, 1.54) is 11.8 Å². The number of ketones is 1. The van der Waals surface area contributed by atoms with Gasteiger partial charge in [-0.1, -0.05) is 42.1 Å². The van der Waals surface area contributed by atoms with Crippen molar-refractivity contribution < 1.29 is 9.59 Å². The number of para-hydroxylation sites is 2. The van der Waals surface area contributed by atoms with Crippen molar-refractivity contribution in [3.05, 3.63) is 94.8 Å². The maximum absolute atomic E-state index is 13.3. The summed E-state index contributed by atoms with van der Waals surface area (Å²) >= 11 is 1.29. The SMILES string of the molecule is CC(=O)c1ccc(N2CCN(C(=O)CSc3nc4ccccc4c(=O)n3-c3ccccc3)CC2)cc1. The van der Waals surface area contributed by atoms with Gasteiger partial charge in [-0.25, -0.2) is 4.98 Å². The van der Waals surface area contributed by atoms with Gasteiger partial charge in [0.25, 0.3) is 5.56 Å². The molecule has 0 atom stereocenters. The Morgan fingerprint density at radius 3 is 2.19 bits per heavy atom. The average Bonchev–Trinajstić information content (AvgIpc) is 2.92. The molecule has 7 nitrogen and oxygen atoms in total. The van der Waals surface area contributed by atoms with Gasteiger partial charge in [0.2, 0.25) is 5.91 Å². The number of hydrogen-bond acceptors (Lipinski definition) is 6. The quantitative estimate of drug-likeness (QED) is 0.227. The highest BCUT2D eigenvalue weighted by atomic mass is 32.2. The smallest absolute Gasteiger partial charge is 0.266 e. The van der Waals surface area contributed by atoms with E-state index < -0.39 is 0 Å². The van der Waals surface area contributed by atoms with Gasteiger partial charge in [0, 0.05) is 37.4 Å². The first kappa shape index (κ1) is 23.8. The second kappa shape index (κ2) is 10.4. The number of rotatable bonds is 6. The summed E-state index contributed by atoms with van der Waals surface area (Å²) in [6, 6.07) is 24.3. The van der Waals surface area contributed by atoms with Crippen LogP contribution in [0.1, 0.15) is 17.3 Å². The van der Waals surface area contributed by atoms with Gasteiger partial charge in [0.15, 0.2) is 10.9 Å². The molecule has 1 amide bonds. The first-order valence-corrected chi connectivity index (χ1v) is 12.8. The molecule has 8 heteroatoms. The van der Waals surface area contributed by atoms with E-state index in [1.807, 2.05) is 77.7 Å². The zero-order chi connectivity index (χ0) is 25.1. The lowest BCUT2D eigenvalue weighted by Crippen LogP contribution is -2.49. The number of piperazine rings is 1. The summed E-state index contributed by atoms with van der Waals surface area (Å²) in [6.45, 7) is 4.23. The Balaban J connectivity index is 1.29. The van der Waals surface area contributed by atoms with Crippen molar-refractivity contribution in [3.63, 3.8) is 0 Å². The highest BCUT2D eigenvalue weighted by Crippen LogP contribution is 2.23. The molecule has 1 aromatic heterocycles. The highest BCUT2D eigenvalue weighted by Gasteiger charge is 2.22. The summed E-state index contributed by atoms with van der Waals surface area (Å²) in [5.41, 5.74) is 2.94. The van der Waals surface area contributed by atoms with Crippen LogP contribution in [-0.4, -0.2) is 58.1 Å². The number of carbonyl (C=O) groups excluding carboxylic acids is 2. The van der Waals surface area contributed by atoms with E-state index in [0.717, 1.165) is 24.5 Å².